The van der Waals surface area contributed by atoms with Gasteiger partial charge in [0.25, 0.3) is 5.91 Å². The van der Waals surface area contributed by atoms with Crippen molar-refractivity contribution in [2.24, 2.45) is 0 Å². The molecule has 0 spiro atoms. The van der Waals surface area contributed by atoms with E-state index >= 15 is 0 Å². The Kier molecular flexibility index (Phi) is 6.56. The molecule has 1 rings (SSSR count). The highest BCUT2D eigenvalue weighted by molar-refractivity contribution is 5.91. The van der Waals surface area contributed by atoms with Crippen molar-refractivity contribution in [3.8, 4) is 5.75 Å². The third-order valence-electron chi connectivity index (χ3n) is 3.01. The Morgan fingerprint density at radius 1 is 1.15 bits per heavy atom. The van der Waals surface area contributed by atoms with Crippen LogP contribution in [0.2, 0.25) is 0 Å². The van der Waals surface area contributed by atoms with Crippen LogP contribution in [0.3, 0.4) is 0 Å². The third-order valence-corrected chi connectivity index (χ3v) is 3.01. The van der Waals surface area contributed by atoms with E-state index in [9.17, 15) is 9.59 Å². The first-order valence-electron chi connectivity index (χ1n) is 6.71. The number of hydrogen-bond donors (Lipinski definition) is 1. The summed E-state index contributed by atoms with van der Waals surface area (Å²) >= 11 is 0. The predicted molar refractivity (Wildman–Crippen MR) is 75.8 cm³/mol. The van der Waals surface area contributed by atoms with Crippen LogP contribution in [0, 0.1) is 0 Å². The van der Waals surface area contributed by atoms with Crippen LogP contribution in [0.1, 0.15) is 37.0 Å². The lowest BCUT2D eigenvalue weighted by Gasteiger charge is -2.14. The van der Waals surface area contributed by atoms with E-state index in [2.05, 4.69) is 5.32 Å². The first kappa shape index (κ1) is 16.0. The lowest BCUT2D eigenvalue weighted by Crippen LogP contribution is -2.36. The molecule has 0 unspecified atom stereocenters. The smallest absolute Gasteiger partial charge is 0.338 e. The molecule has 1 aromatic rings. The number of ether oxygens (including phenoxy) is 2. The van der Waals surface area contributed by atoms with Crippen molar-refractivity contribution in [1.82, 2.24) is 5.32 Å². The number of nitrogens with one attached hydrogen (secondary N) is 1. The summed E-state index contributed by atoms with van der Waals surface area (Å²) in [5, 5.41) is 2.81. The van der Waals surface area contributed by atoms with Gasteiger partial charge in [0.15, 0.2) is 6.61 Å². The van der Waals surface area contributed by atoms with Crippen molar-refractivity contribution in [1.29, 1.82) is 0 Å². The maximum atomic E-state index is 11.7. The Balaban J connectivity index is 2.44. The highest BCUT2D eigenvalue weighted by Crippen LogP contribution is 2.11. The predicted octanol–water partition coefficient (Wildman–Crippen LogP) is 2.16. The number of benzene rings is 1. The zero-order chi connectivity index (χ0) is 15.0. The fraction of sp³-hybridized carbons (Fsp3) is 0.467. The van der Waals surface area contributed by atoms with Crippen LogP contribution in [0.4, 0.5) is 0 Å². The zero-order valence-corrected chi connectivity index (χ0v) is 12.1. The Morgan fingerprint density at radius 3 is 2.25 bits per heavy atom. The number of amides is 1. The molecule has 0 saturated carbocycles. The van der Waals surface area contributed by atoms with Crippen molar-refractivity contribution in [2.45, 2.75) is 32.7 Å². The Labute approximate surface area is 119 Å². The van der Waals surface area contributed by atoms with E-state index in [-0.39, 0.29) is 18.6 Å². The molecule has 0 aliphatic heterocycles. The second-order valence-electron chi connectivity index (χ2n) is 4.39. The van der Waals surface area contributed by atoms with Crippen molar-refractivity contribution in [2.75, 3.05) is 13.7 Å². The lowest BCUT2D eigenvalue weighted by atomic mass is 10.2. The van der Waals surface area contributed by atoms with Gasteiger partial charge in [0.1, 0.15) is 5.75 Å². The van der Waals surface area contributed by atoms with E-state index in [1.807, 2.05) is 13.8 Å². The normalized spacial score (nSPS) is 10.2. The average molecular weight is 279 g/mol. The number of methoxy groups -OCH3 is 1. The number of carbonyl (C=O) groups excluding carboxylic acids is 2. The van der Waals surface area contributed by atoms with Gasteiger partial charge in [0.2, 0.25) is 0 Å². The zero-order valence-electron chi connectivity index (χ0n) is 12.1. The van der Waals surface area contributed by atoms with Crippen LogP contribution in [0.5, 0.6) is 5.75 Å². The Morgan fingerprint density at radius 2 is 1.75 bits per heavy atom. The molecule has 0 bridgehead atoms. The molecular formula is C15H21NO4. The van der Waals surface area contributed by atoms with Gasteiger partial charge in [-0.3, -0.25) is 4.79 Å². The van der Waals surface area contributed by atoms with Gasteiger partial charge >= 0.3 is 5.97 Å². The second kappa shape index (κ2) is 8.19. The largest absolute Gasteiger partial charge is 0.497 e. The highest BCUT2D eigenvalue weighted by atomic mass is 16.5. The van der Waals surface area contributed by atoms with E-state index in [0.29, 0.717) is 11.3 Å². The molecule has 20 heavy (non-hydrogen) atoms. The fourth-order valence-electron chi connectivity index (χ4n) is 1.70. The van der Waals surface area contributed by atoms with Gasteiger partial charge in [-0.1, -0.05) is 13.8 Å². The summed E-state index contributed by atoms with van der Waals surface area (Å²) in [6.07, 6.45) is 1.71. The van der Waals surface area contributed by atoms with Gasteiger partial charge in [-0.05, 0) is 37.1 Å². The Hall–Kier alpha value is -2.04. The van der Waals surface area contributed by atoms with Gasteiger partial charge in [-0.25, -0.2) is 4.79 Å². The standard InChI is InChI=1S/C15H21NO4/c1-4-12(5-2)16-14(17)10-20-15(18)11-6-8-13(19-3)9-7-11/h6-9,12H,4-5,10H2,1-3H3,(H,16,17). The molecule has 0 aromatic heterocycles. The van der Waals surface area contributed by atoms with E-state index in [4.69, 9.17) is 9.47 Å². The van der Waals surface area contributed by atoms with Gasteiger partial charge < -0.3 is 14.8 Å². The molecule has 1 amide bonds. The first-order valence-corrected chi connectivity index (χ1v) is 6.71. The molecule has 0 heterocycles. The van der Waals surface area contributed by atoms with E-state index in [1.54, 1.807) is 31.4 Å². The molecule has 1 aromatic carbocycles. The minimum atomic E-state index is -0.521. The van der Waals surface area contributed by atoms with Gasteiger partial charge in [-0.2, -0.15) is 0 Å². The van der Waals surface area contributed by atoms with Crippen molar-refractivity contribution in [3.63, 3.8) is 0 Å². The monoisotopic (exact) mass is 279 g/mol. The molecule has 0 aliphatic rings. The van der Waals surface area contributed by atoms with Crippen LogP contribution in [0.15, 0.2) is 24.3 Å². The van der Waals surface area contributed by atoms with Gasteiger partial charge in [0, 0.05) is 6.04 Å². The molecule has 5 heteroatoms. The maximum Gasteiger partial charge on any atom is 0.338 e. The number of rotatable bonds is 7. The Bertz CT molecular complexity index is 438. The summed E-state index contributed by atoms with van der Waals surface area (Å²) in [5.74, 6) is -0.138. The quantitative estimate of drug-likeness (QED) is 0.777. The molecular weight excluding hydrogens is 258 g/mol. The summed E-state index contributed by atoms with van der Waals surface area (Å²) in [6, 6.07) is 6.66. The van der Waals surface area contributed by atoms with Gasteiger partial charge in [0.05, 0.1) is 12.7 Å². The van der Waals surface area contributed by atoms with Crippen molar-refractivity contribution >= 4 is 11.9 Å². The molecule has 1 N–H and O–H groups in total. The summed E-state index contributed by atoms with van der Waals surface area (Å²) < 4.78 is 9.96. The lowest BCUT2D eigenvalue weighted by molar-refractivity contribution is -0.125. The minimum absolute atomic E-state index is 0.127. The summed E-state index contributed by atoms with van der Waals surface area (Å²) in [4.78, 5) is 23.3. The second-order valence-corrected chi connectivity index (χ2v) is 4.39. The average Bonchev–Trinajstić information content (AvgIpc) is 2.50. The maximum absolute atomic E-state index is 11.7. The molecule has 0 saturated heterocycles. The molecule has 5 nitrogen and oxygen atoms in total. The van der Waals surface area contributed by atoms with Crippen LogP contribution in [0.25, 0.3) is 0 Å². The van der Waals surface area contributed by atoms with E-state index in [0.717, 1.165) is 12.8 Å². The summed E-state index contributed by atoms with van der Waals surface area (Å²) in [7, 11) is 1.55. The molecule has 110 valence electrons. The SMILES string of the molecule is CCC(CC)NC(=O)COC(=O)c1ccc(OC)cc1. The molecule has 0 atom stereocenters. The third kappa shape index (κ3) is 4.91. The van der Waals surface area contributed by atoms with Crippen LogP contribution < -0.4 is 10.1 Å². The topological polar surface area (TPSA) is 64.6 Å². The van der Waals surface area contributed by atoms with Crippen molar-refractivity contribution < 1.29 is 19.1 Å². The fourth-order valence-corrected chi connectivity index (χ4v) is 1.70. The highest BCUT2D eigenvalue weighted by Gasteiger charge is 2.12. The summed E-state index contributed by atoms with van der Waals surface area (Å²) in [6.45, 7) is 3.73. The van der Waals surface area contributed by atoms with Gasteiger partial charge in [-0.15, -0.1) is 0 Å². The number of carbonyl (C=O) groups is 2. The van der Waals surface area contributed by atoms with Crippen LogP contribution >= 0.6 is 0 Å². The number of esters is 1. The van der Waals surface area contributed by atoms with Crippen molar-refractivity contribution in [3.05, 3.63) is 29.8 Å². The molecule has 0 fully saturated rings. The first-order chi connectivity index (χ1) is 9.60. The van der Waals surface area contributed by atoms with E-state index < -0.39 is 5.97 Å². The van der Waals surface area contributed by atoms with Crippen LogP contribution in [-0.2, 0) is 9.53 Å². The minimum Gasteiger partial charge on any atom is -0.497 e. The van der Waals surface area contributed by atoms with Crippen LogP contribution in [-0.4, -0.2) is 31.6 Å². The molecule has 0 aliphatic carbocycles. The summed E-state index contributed by atoms with van der Waals surface area (Å²) in [5.41, 5.74) is 0.390. The van der Waals surface area contributed by atoms with E-state index in [1.165, 1.54) is 0 Å². The molecule has 0 radical (unpaired) electrons. The number of hydrogen-bond acceptors (Lipinski definition) is 4.